The molecule has 0 aliphatic carbocycles. The third-order valence-corrected chi connectivity index (χ3v) is 2.38. The van der Waals surface area contributed by atoms with E-state index < -0.39 is 0 Å². The zero-order chi connectivity index (χ0) is 9.97. The first kappa shape index (κ1) is 9.33. The van der Waals surface area contributed by atoms with Crippen LogP contribution in [0.25, 0.3) is 0 Å². The van der Waals surface area contributed by atoms with Gasteiger partial charge in [-0.25, -0.2) is 4.39 Å². The number of aryl methyl sites for hydroxylation is 1. The van der Waals surface area contributed by atoms with Crippen LogP contribution in [0.1, 0.15) is 12.1 Å². The monoisotopic (exact) mass is 196 g/mol. The van der Waals surface area contributed by atoms with Crippen molar-refractivity contribution in [1.29, 1.82) is 0 Å². The highest BCUT2D eigenvalue weighted by Gasteiger charge is 2.13. The van der Waals surface area contributed by atoms with Crippen molar-refractivity contribution in [2.24, 2.45) is 7.05 Å². The summed E-state index contributed by atoms with van der Waals surface area (Å²) in [7, 11) is 1.85. The van der Waals surface area contributed by atoms with Crippen LogP contribution in [0, 0.1) is 0 Å². The van der Waals surface area contributed by atoms with Gasteiger partial charge in [-0.3, -0.25) is 9.58 Å². The van der Waals surface area contributed by atoms with Crippen LogP contribution >= 0.6 is 0 Å². The molecule has 1 aromatic heterocycles. The van der Waals surface area contributed by atoms with Crippen molar-refractivity contribution in [3.63, 3.8) is 0 Å². The van der Waals surface area contributed by atoms with Gasteiger partial charge in [-0.15, -0.1) is 5.10 Å². The van der Waals surface area contributed by atoms with Gasteiger partial charge in [0.1, 0.15) is 5.83 Å². The molecule has 2 heterocycles. The van der Waals surface area contributed by atoms with Crippen LogP contribution in [-0.2, 0) is 13.6 Å². The van der Waals surface area contributed by atoms with Crippen molar-refractivity contribution < 1.29 is 4.39 Å². The average Bonchev–Trinajstić information content (AvgIpc) is 2.52. The van der Waals surface area contributed by atoms with Gasteiger partial charge in [-0.05, 0) is 6.42 Å². The van der Waals surface area contributed by atoms with E-state index in [4.69, 9.17) is 0 Å². The molecule has 0 fully saturated rings. The molecule has 0 amide bonds. The van der Waals surface area contributed by atoms with Crippen LogP contribution in [0.5, 0.6) is 0 Å². The Hall–Kier alpha value is -1.23. The molecule has 0 saturated heterocycles. The van der Waals surface area contributed by atoms with E-state index in [2.05, 4.69) is 10.3 Å². The van der Waals surface area contributed by atoms with Gasteiger partial charge in [0.15, 0.2) is 0 Å². The van der Waals surface area contributed by atoms with Gasteiger partial charge in [0, 0.05) is 20.1 Å². The van der Waals surface area contributed by atoms with Crippen LogP contribution in [0.15, 0.2) is 18.1 Å². The Morgan fingerprint density at radius 3 is 3.07 bits per heavy atom. The topological polar surface area (TPSA) is 34.0 Å². The Morgan fingerprint density at radius 2 is 2.43 bits per heavy atom. The Kier molecular flexibility index (Phi) is 2.58. The van der Waals surface area contributed by atoms with Gasteiger partial charge < -0.3 is 0 Å². The molecule has 0 radical (unpaired) electrons. The fourth-order valence-electron chi connectivity index (χ4n) is 1.58. The van der Waals surface area contributed by atoms with E-state index in [1.165, 1.54) is 0 Å². The zero-order valence-electron chi connectivity index (χ0n) is 8.15. The number of hydrogen-bond donors (Lipinski definition) is 0. The lowest BCUT2D eigenvalue weighted by Crippen LogP contribution is -2.29. The Balaban J connectivity index is 1.99. The molecule has 4 nitrogen and oxygen atoms in total. The summed E-state index contributed by atoms with van der Waals surface area (Å²) in [6, 6.07) is 0. The second-order valence-electron chi connectivity index (χ2n) is 3.50. The number of halogens is 1. The van der Waals surface area contributed by atoms with E-state index >= 15 is 0 Å². The quantitative estimate of drug-likeness (QED) is 0.704. The van der Waals surface area contributed by atoms with Crippen LogP contribution in [0.4, 0.5) is 4.39 Å². The molecule has 1 aliphatic heterocycles. The highest BCUT2D eigenvalue weighted by Crippen LogP contribution is 2.12. The van der Waals surface area contributed by atoms with E-state index in [0.29, 0.717) is 13.1 Å². The first-order valence-corrected chi connectivity index (χ1v) is 4.66. The first-order valence-electron chi connectivity index (χ1n) is 4.66. The summed E-state index contributed by atoms with van der Waals surface area (Å²) in [5.41, 5.74) is 1.01. The van der Waals surface area contributed by atoms with E-state index in [9.17, 15) is 4.39 Å². The van der Waals surface area contributed by atoms with Gasteiger partial charge in [-0.2, -0.15) is 0 Å². The lowest BCUT2D eigenvalue weighted by atomic mass is 10.2. The Bertz CT molecular complexity index is 344. The molecule has 0 saturated carbocycles. The molecule has 1 aliphatic rings. The second-order valence-corrected chi connectivity index (χ2v) is 3.50. The molecular formula is C9H13FN4. The standard InChI is InChI=1S/C9H13FN4/c1-13-9(5-11-12-13)7-14-4-2-3-8(10)6-14/h3,5H,2,4,6-7H2,1H3. The predicted molar refractivity (Wildman–Crippen MR) is 50.1 cm³/mol. The molecule has 76 valence electrons. The third kappa shape index (κ3) is 1.98. The second kappa shape index (κ2) is 3.88. The first-order chi connectivity index (χ1) is 6.75. The molecule has 0 unspecified atom stereocenters. The lowest BCUT2D eigenvalue weighted by Gasteiger charge is -2.23. The Morgan fingerprint density at radius 1 is 1.57 bits per heavy atom. The number of hydrogen-bond acceptors (Lipinski definition) is 3. The number of nitrogens with zero attached hydrogens (tertiary/aromatic N) is 4. The minimum atomic E-state index is -0.0358. The summed E-state index contributed by atoms with van der Waals surface area (Å²) in [5.74, 6) is -0.0358. The minimum Gasteiger partial charge on any atom is -0.291 e. The Labute approximate surface area is 82.0 Å². The highest BCUT2D eigenvalue weighted by molar-refractivity contribution is 5.02. The molecule has 0 bridgehead atoms. The van der Waals surface area contributed by atoms with E-state index in [1.54, 1.807) is 17.0 Å². The van der Waals surface area contributed by atoms with Gasteiger partial charge in [0.25, 0.3) is 0 Å². The SMILES string of the molecule is Cn1nncc1CN1CCC=C(F)C1. The van der Waals surface area contributed by atoms with Crippen molar-refractivity contribution in [1.82, 2.24) is 19.9 Å². The molecule has 1 aromatic rings. The predicted octanol–water partition coefficient (Wildman–Crippen LogP) is 0.874. The summed E-state index contributed by atoms with van der Waals surface area (Å²) in [5, 5.41) is 7.62. The average molecular weight is 196 g/mol. The largest absolute Gasteiger partial charge is 0.291 e. The highest BCUT2D eigenvalue weighted by atomic mass is 19.1. The van der Waals surface area contributed by atoms with Crippen LogP contribution < -0.4 is 0 Å². The maximum atomic E-state index is 12.9. The van der Waals surface area contributed by atoms with Gasteiger partial charge in [0.2, 0.25) is 0 Å². The van der Waals surface area contributed by atoms with Crippen molar-refractivity contribution in [3.8, 4) is 0 Å². The maximum absolute atomic E-state index is 12.9. The molecular weight excluding hydrogens is 183 g/mol. The summed E-state index contributed by atoms with van der Waals surface area (Å²) in [6.07, 6.45) is 4.16. The van der Waals surface area contributed by atoms with Gasteiger partial charge >= 0.3 is 0 Å². The van der Waals surface area contributed by atoms with Crippen molar-refractivity contribution >= 4 is 0 Å². The number of rotatable bonds is 2. The van der Waals surface area contributed by atoms with Crippen LogP contribution in [-0.4, -0.2) is 33.0 Å². The smallest absolute Gasteiger partial charge is 0.110 e. The molecule has 0 spiro atoms. The van der Waals surface area contributed by atoms with Crippen molar-refractivity contribution in [3.05, 3.63) is 23.8 Å². The summed E-state index contributed by atoms with van der Waals surface area (Å²) < 4.78 is 14.7. The summed E-state index contributed by atoms with van der Waals surface area (Å²) in [4.78, 5) is 2.05. The fourth-order valence-corrected chi connectivity index (χ4v) is 1.58. The van der Waals surface area contributed by atoms with Crippen LogP contribution in [0.2, 0.25) is 0 Å². The van der Waals surface area contributed by atoms with Gasteiger partial charge in [0.05, 0.1) is 18.4 Å². The van der Waals surface area contributed by atoms with Gasteiger partial charge in [-0.1, -0.05) is 11.3 Å². The maximum Gasteiger partial charge on any atom is 0.110 e. The normalized spacial score (nSPS) is 18.3. The summed E-state index contributed by atoms with van der Waals surface area (Å²) >= 11 is 0. The molecule has 2 rings (SSSR count). The third-order valence-electron chi connectivity index (χ3n) is 2.38. The summed E-state index contributed by atoms with van der Waals surface area (Å²) in [6.45, 7) is 2.02. The van der Waals surface area contributed by atoms with E-state index in [0.717, 1.165) is 18.7 Å². The molecule has 0 N–H and O–H groups in total. The molecule has 0 aromatic carbocycles. The molecule has 0 atom stereocenters. The van der Waals surface area contributed by atoms with Crippen molar-refractivity contribution in [2.75, 3.05) is 13.1 Å². The zero-order valence-corrected chi connectivity index (χ0v) is 8.15. The number of aromatic nitrogens is 3. The van der Waals surface area contributed by atoms with E-state index in [-0.39, 0.29) is 5.83 Å². The fraction of sp³-hybridized carbons (Fsp3) is 0.556. The van der Waals surface area contributed by atoms with Crippen molar-refractivity contribution in [2.45, 2.75) is 13.0 Å². The molecule has 5 heteroatoms. The van der Waals surface area contributed by atoms with E-state index in [1.807, 2.05) is 11.9 Å². The van der Waals surface area contributed by atoms with Crippen LogP contribution in [0.3, 0.4) is 0 Å². The lowest BCUT2D eigenvalue weighted by molar-refractivity contribution is 0.253. The molecule has 14 heavy (non-hydrogen) atoms. The minimum absolute atomic E-state index is 0.0358.